The Kier molecular flexibility index (Phi) is 6.02. The number of nitrogens with zero attached hydrogens (tertiary/aromatic N) is 2. The fraction of sp³-hybridized carbons (Fsp3) is 0.444. The summed E-state index contributed by atoms with van der Waals surface area (Å²) in [7, 11) is 0. The molecule has 1 fully saturated rings. The zero-order chi connectivity index (χ0) is 16.4. The maximum absolute atomic E-state index is 12.4. The fourth-order valence-electron chi connectivity index (χ4n) is 3.14. The third kappa shape index (κ3) is 3.97. The molecular weight excluding hydrogens is 324 g/mol. The summed E-state index contributed by atoms with van der Waals surface area (Å²) in [5.74, 6) is -0.00883. The van der Waals surface area contributed by atoms with Gasteiger partial charge in [-0.2, -0.15) is 5.10 Å². The van der Waals surface area contributed by atoms with Crippen LogP contribution in [0.3, 0.4) is 0 Å². The van der Waals surface area contributed by atoms with Crippen molar-refractivity contribution in [2.75, 3.05) is 6.54 Å². The summed E-state index contributed by atoms with van der Waals surface area (Å²) in [4.78, 5) is 12.4. The number of aromatic nitrogens is 2. The van der Waals surface area contributed by atoms with Gasteiger partial charge in [-0.05, 0) is 70.5 Å². The number of carbonyl (C=O) groups is 1. The molecular formula is C18H25ClN4O. The number of halogens is 1. The number of rotatable bonds is 3. The first-order chi connectivity index (χ1) is 11.0. The highest BCUT2D eigenvalue weighted by atomic mass is 35.5. The number of amides is 1. The van der Waals surface area contributed by atoms with Crippen LogP contribution in [-0.2, 0) is 0 Å². The zero-order valence-electron chi connectivity index (χ0n) is 14.4. The monoisotopic (exact) mass is 348 g/mol. The summed E-state index contributed by atoms with van der Waals surface area (Å²) in [6.07, 6.45) is 2.13. The van der Waals surface area contributed by atoms with Gasteiger partial charge in [-0.25, -0.2) is 4.68 Å². The molecule has 6 heteroatoms. The van der Waals surface area contributed by atoms with Crippen LogP contribution in [0.1, 0.15) is 41.5 Å². The van der Waals surface area contributed by atoms with Gasteiger partial charge >= 0.3 is 0 Å². The molecule has 2 N–H and O–H groups in total. The highest BCUT2D eigenvalue weighted by molar-refractivity contribution is 5.94. The van der Waals surface area contributed by atoms with E-state index >= 15 is 0 Å². The number of aryl methyl sites for hydroxylation is 2. The van der Waals surface area contributed by atoms with Gasteiger partial charge in [0.05, 0.1) is 11.4 Å². The van der Waals surface area contributed by atoms with Crippen molar-refractivity contribution in [2.45, 2.75) is 45.7 Å². The van der Waals surface area contributed by atoms with Crippen molar-refractivity contribution in [3.05, 3.63) is 47.3 Å². The molecule has 130 valence electrons. The van der Waals surface area contributed by atoms with Gasteiger partial charge in [0.25, 0.3) is 5.91 Å². The SMILES string of the molecule is Cc1cc(C)n(-c2ccc(C(=O)NC3CCCNC3C)cc2)n1.Cl. The summed E-state index contributed by atoms with van der Waals surface area (Å²) in [5, 5.41) is 11.0. The highest BCUT2D eigenvalue weighted by Crippen LogP contribution is 2.14. The van der Waals surface area contributed by atoms with Crippen LogP contribution < -0.4 is 10.6 Å². The van der Waals surface area contributed by atoms with Crippen molar-refractivity contribution in [1.82, 2.24) is 20.4 Å². The van der Waals surface area contributed by atoms with E-state index in [0.717, 1.165) is 36.5 Å². The van der Waals surface area contributed by atoms with E-state index in [-0.39, 0.29) is 24.4 Å². The molecule has 1 aromatic carbocycles. The van der Waals surface area contributed by atoms with Crippen molar-refractivity contribution in [1.29, 1.82) is 0 Å². The maximum Gasteiger partial charge on any atom is 0.251 e. The van der Waals surface area contributed by atoms with Crippen molar-refractivity contribution >= 4 is 18.3 Å². The molecule has 0 spiro atoms. The van der Waals surface area contributed by atoms with E-state index in [1.807, 2.05) is 48.9 Å². The molecule has 1 aromatic heterocycles. The Balaban J connectivity index is 0.00000208. The summed E-state index contributed by atoms with van der Waals surface area (Å²) >= 11 is 0. The molecule has 0 saturated carbocycles. The number of hydrogen-bond donors (Lipinski definition) is 2. The lowest BCUT2D eigenvalue weighted by Crippen LogP contribution is -2.51. The molecule has 0 bridgehead atoms. The molecule has 2 unspecified atom stereocenters. The normalized spacial score (nSPS) is 20.3. The third-order valence-electron chi connectivity index (χ3n) is 4.46. The summed E-state index contributed by atoms with van der Waals surface area (Å²) in [6, 6.07) is 10.2. The molecule has 2 aromatic rings. The fourth-order valence-corrected chi connectivity index (χ4v) is 3.14. The Labute approximate surface area is 149 Å². The second kappa shape index (κ2) is 7.81. The van der Waals surface area contributed by atoms with Gasteiger partial charge in [0.1, 0.15) is 0 Å². The average Bonchev–Trinajstić information content (AvgIpc) is 2.88. The Bertz CT molecular complexity index is 696. The van der Waals surface area contributed by atoms with Crippen molar-refractivity contribution < 1.29 is 4.79 Å². The van der Waals surface area contributed by atoms with Gasteiger partial charge in [0.15, 0.2) is 0 Å². The van der Waals surface area contributed by atoms with E-state index in [0.29, 0.717) is 11.6 Å². The predicted octanol–water partition coefficient (Wildman–Crippen LogP) is 2.78. The lowest BCUT2D eigenvalue weighted by molar-refractivity contribution is 0.0920. The minimum absolute atomic E-state index is 0. The Hall–Kier alpha value is -1.85. The quantitative estimate of drug-likeness (QED) is 0.896. The third-order valence-corrected chi connectivity index (χ3v) is 4.46. The first-order valence-electron chi connectivity index (χ1n) is 8.22. The number of piperidine rings is 1. The van der Waals surface area contributed by atoms with Crippen LogP contribution in [0.15, 0.2) is 30.3 Å². The van der Waals surface area contributed by atoms with Crippen LogP contribution in [-0.4, -0.2) is 34.3 Å². The molecule has 3 rings (SSSR count). The van der Waals surface area contributed by atoms with Gasteiger partial charge in [0, 0.05) is 23.3 Å². The molecule has 24 heavy (non-hydrogen) atoms. The molecule has 1 amide bonds. The van der Waals surface area contributed by atoms with E-state index in [1.54, 1.807) is 0 Å². The van der Waals surface area contributed by atoms with Gasteiger partial charge < -0.3 is 10.6 Å². The van der Waals surface area contributed by atoms with Gasteiger partial charge in [0.2, 0.25) is 0 Å². The van der Waals surface area contributed by atoms with Crippen molar-refractivity contribution in [3.63, 3.8) is 0 Å². The lowest BCUT2D eigenvalue weighted by atomic mass is 9.99. The molecule has 2 heterocycles. The standard InChI is InChI=1S/C18H24N4O.ClH/c1-12-11-13(2)22(21-12)16-8-6-15(7-9-16)18(23)20-17-5-4-10-19-14(17)3;/h6-9,11,14,17,19H,4-5,10H2,1-3H3,(H,20,23);1H. The van der Waals surface area contributed by atoms with Crippen LogP contribution >= 0.6 is 12.4 Å². The summed E-state index contributed by atoms with van der Waals surface area (Å²) < 4.78 is 1.89. The van der Waals surface area contributed by atoms with E-state index in [4.69, 9.17) is 0 Å². The van der Waals surface area contributed by atoms with E-state index in [9.17, 15) is 4.79 Å². The second-order valence-corrected chi connectivity index (χ2v) is 6.35. The van der Waals surface area contributed by atoms with Gasteiger partial charge in [-0.1, -0.05) is 0 Å². The molecule has 0 radical (unpaired) electrons. The van der Waals surface area contributed by atoms with Crippen LogP contribution in [0.4, 0.5) is 0 Å². The Morgan fingerprint density at radius 3 is 2.58 bits per heavy atom. The molecule has 2 atom stereocenters. The highest BCUT2D eigenvalue weighted by Gasteiger charge is 2.22. The molecule has 1 aliphatic heterocycles. The van der Waals surface area contributed by atoms with Crippen LogP contribution in [0.25, 0.3) is 5.69 Å². The van der Waals surface area contributed by atoms with E-state index < -0.39 is 0 Å². The van der Waals surface area contributed by atoms with Crippen molar-refractivity contribution in [2.24, 2.45) is 0 Å². The van der Waals surface area contributed by atoms with Crippen LogP contribution in [0, 0.1) is 13.8 Å². The Morgan fingerprint density at radius 2 is 2.00 bits per heavy atom. The van der Waals surface area contributed by atoms with Crippen LogP contribution in [0.5, 0.6) is 0 Å². The van der Waals surface area contributed by atoms with E-state index in [1.165, 1.54) is 0 Å². The molecule has 5 nitrogen and oxygen atoms in total. The number of benzene rings is 1. The lowest BCUT2D eigenvalue weighted by Gasteiger charge is -2.30. The van der Waals surface area contributed by atoms with Gasteiger partial charge in [-0.15, -0.1) is 12.4 Å². The largest absolute Gasteiger partial charge is 0.348 e. The molecule has 1 saturated heterocycles. The molecule has 0 aliphatic carbocycles. The van der Waals surface area contributed by atoms with Crippen LogP contribution in [0.2, 0.25) is 0 Å². The predicted molar refractivity (Wildman–Crippen MR) is 98.2 cm³/mol. The van der Waals surface area contributed by atoms with E-state index in [2.05, 4.69) is 22.7 Å². The summed E-state index contributed by atoms with van der Waals surface area (Å²) in [5.41, 5.74) is 3.73. The first kappa shape index (κ1) is 18.5. The zero-order valence-corrected chi connectivity index (χ0v) is 15.2. The first-order valence-corrected chi connectivity index (χ1v) is 8.22. The molecule has 1 aliphatic rings. The topological polar surface area (TPSA) is 59.0 Å². The second-order valence-electron chi connectivity index (χ2n) is 6.35. The minimum atomic E-state index is -0.00883. The van der Waals surface area contributed by atoms with Gasteiger partial charge in [-0.3, -0.25) is 4.79 Å². The summed E-state index contributed by atoms with van der Waals surface area (Å²) in [6.45, 7) is 7.16. The minimum Gasteiger partial charge on any atom is -0.348 e. The smallest absolute Gasteiger partial charge is 0.251 e. The maximum atomic E-state index is 12.4. The number of nitrogens with one attached hydrogen (secondary N) is 2. The number of hydrogen-bond acceptors (Lipinski definition) is 3. The average molecular weight is 349 g/mol. The van der Waals surface area contributed by atoms with Crippen molar-refractivity contribution in [3.8, 4) is 5.69 Å². The number of carbonyl (C=O) groups excluding carboxylic acids is 1. The Morgan fingerprint density at radius 1 is 1.29 bits per heavy atom.